The number of nitrogens with two attached hydrogens (primary N) is 1. The summed E-state index contributed by atoms with van der Waals surface area (Å²) in [6, 6.07) is 0.167. The highest BCUT2D eigenvalue weighted by Gasteiger charge is 2.35. The SMILES string of the molecule is NCCCC1CCCN1S(=O)(=O)CC1CCCO1. The molecule has 2 heterocycles. The second-order valence-electron chi connectivity index (χ2n) is 5.25. The van der Waals surface area contributed by atoms with Gasteiger partial charge in [0.15, 0.2) is 0 Å². The zero-order chi connectivity index (χ0) is 13.0. The molecule has 0 aromatic rings. The summed E-state index contributed by atoms with van der Waals surface area (Å²) in [7, 11) is -3.16. The van der Waals surface area contributed by atoms with Gasteiger partial charge < -0.3 is 10.5 Å². The van der Waals surface area contributed by atoms with Gasteiger partial charge in [-0.3, -0.25) is 0 Å². The van der Waals surface area contributed by atoms with Gasteiger partial charge in [-0.25, -0.2) is 8.42 Å². The topological polar surface area (TPSA) is 72.6 Å². The third kappa shape index (κ3) is 3.44. The Morgan fingerprint density at radius 2 is 2.11 bits per heavy atom. The summed E-state index contributed by atoms with van der Waals surface area (Å²) >= 11 is 0. The maximum absolute atomic E-state index is 12.4. The molecule has 2 N–H and O–H groups in total. The normalized spacial score (nSPS) is 30.1. The predicted molar refractivity (Wildman–Crippen MR) is 70.8 cm³/mol. The van der Waals surface area contributed by atoms with Crippen molar-refractivity contribution < 1.29 is 13.2 Å². The molecule has 0 saturated carbocycles. The molecule has 0 aromatic carbocycles. The number of rotatable bonds is 6. The fourth-order valence-corrected chi connectivity index (χ4v) is 4.92. The van der Waals surface area contributed by atoms with Crippen molar-refractivity contribution in [3.05, 3.63) is 0 Å². The van der Waals surface area contributed by atoms with Gasteiger partial charge in [-0.1, -0.05) is 0 Å². The minimum Gasteiger partial charge on any atom is -0.377 e. The van der Waals surface area contributed by atoms with Crippen LogP contribution in [0.2, 0.25) is 0 Å². The van der Waals surface area contributed by atoms with Crippen molar-refractivity contribution in [1.29, 1.82) is 0 Å². The molecule has 6 heteroatoms. The second-order valence-corrected chi connectivity index (χ2v) is 7.22. The smallest absolute Gasteiger partial charge is 0.216 e. The van der Waals surface area contributed by atoms with E-state index in [-0.39, 0.29) is 17.9 Å². The lowest BCUT2D eigenvalue weighted by Gasteiger charge is -2.25. The largest absolute Gasteiger partial charge is 0.377 e. The summed E-state index contributed by atoms with van der Waals surface area (Å²) in [6.07, 6.45) is 5.51. The Labute approximate surface area is 110 Å². The van der Waals surface area contributed by atoms with E-state index in [0.29, 0.717) is 19.7 Å². The van der Waals surface area contributed by atoms with E-state index < -0.39 is 10.0 Å². The van der Waals surface area contributed by atoms with Crippen molar-refractivity contribution in [2.45, 2.75) is 50.7 Å². The molecule has 2 rings (SSSR count). The lowest BCUT2D eigenvalue weighted by molar-refractivity contribution is 0.126. The highest BCUT2D eigenvalue weighted by Crippen LogP contribution is 2.26. The minimum atomic E-state index is -3.16. The molecule has 0 bridgehead atoms. The quantitative estimate of drug-likeness (QED) is 0.775. The molecule has 0 spiro atoms. The number of ether oxygens (including phenoxy) is 1. The van der Waals surface area contributed by atoms with Gasteiger partial charge in [-0.2, -0.15) is 4.31 Å². The molecule has 2 aliphatic rings. The Hall–Kier alpha value is -0.170. The average molecular weight is 276 g/mol. The fourth-order valence-electron chi connectivity index (χ4n) is 2.92. The third-order valence-corrected chi connectivity index (χ3v) is 5.83. The van der Waals surface area contributed by atoms with Gasteiger partial charge in [0, 0.05) is 19.2 Å². The van der Waals surface area contributed by atoms with Gasteiger partial charge in [-0.05, 0) is 45.1 Å². The van der Waals surface area contributed by atoms with Crippen LogP contribution in [0.4, 0.5) is 0 Å². The Morgan fingerprint density at radius 3 is 2.78 bits per heavy atom. The van der Waals surface area contributed by atoms with Crippen LogP contribution in [0.25, 0.3) is 0 Å². The molecule has 0 aliphatic carbocycles. The molecule has 106 valence electrons. The number of sulfonamides is 1. The van der Waals surface area contributed by atoms with Crippen molar-refractivity contribution in [1.82, 2.24) is 4.31 Å². The van der Waals surface area contributed by atoms with Crippen LogP contribution >= 0.6 is 0 Å². The van der Waals surface area contributed by atoms with E-state index in [1.807, 2.05) is 0 Å². The number of nitrogens with zero attached hydrogens (tertiary/aromatic N) is 1. The molecular formula is C12H24N2O3S. The number of hydrogen-bond donors (Lipinski definition) is 1. The van der Waals surface area contributed by atoms with Crippen LogP contribution in [0.5, 0.6) is 0 Å². The molecular weight excluding hydrogens is 252 g/mol. The Bertz CT molecular complexity index is 352. The van der Waals surface area contributed by atoms with Gasteiger partial charge in [0.25, 0.3) is 0 Å². The maximum atomic E-state index is 12.4. The fraction of sp³-hybridized carbons (Fsp3) is 1.00. The lowest BCUT2D eigenvalue weighted by atomic mass is 10.1. The summed E-state index contributed by atoms with van der Waals surface area (Å²) in [4.78, 5) is 0. The molecule has 2 saturated heterocycles. The molecule has 2 unspecified atom stereocenters. The molecule has 0 amide bonds. The Balaban J connectivity index is 1.94. The van der Waals surface area contributed by atoms with Crippen LogP contribution < -0.4 is 5.73 Å². The zero-order valence-electron chi connectivity index (χ0n) is 10.9. The first-order valence-corrected chi connectivity index (χ1v) is 8.55. The van der Waals surface area contributed by atoms with Crippen molar-refractivity contribution in [2.24, 2.45) is 5.73 Å². The van der Waals surface area contributed by atoms with Crippen LogP contribution in [-0.2, 0) is 14.8 Å². The predicted octanol–water partition coefficient (Wildman–Crippen LogP) is 0.699. The van der Waals surface area contributed by atoms with Gasteiger partial charge in [0.1, 0.15) is 0 Å². The van der Waals surface area contributed by atoms with Gasteiger partial charge in [0.2, 0.25) is 10.0 Å². The molecule has 18 heavy (non-hydrogen) atoms. The van der Waals surface area contributed by atoms with Crippen LogP contribution in [0, 0.1) is 0 Å². The first-order valence-electron chi connectivity index (χ1n) is 6.94. The van der Waals surface area contributed by atoms with Crippen molar-refractivity contribution in [2.75, 3.05) is 25.4 Å². The van der Waals surface area contributed by atoms with Crippen molar-refractivity contribution in [3.63, 3.8) is 0 Å². The molecule has 0 aromatic heterocycles. The highest BCUT2D eigenvalue weighted by atomic mass is 32.2. The average Bonchev–Trinajstić information content (AvgIpc) is 2.96. The van der Waals surface area contributed by atoms with E-state index in [1.54, 1.807) is 4.31 Å². The summed E-state index contributed by atoms with van der Waals surface area (Å²) in [5.41, 5.74) is 5.51. The monoisotopic (exact) mass is 276 g/mol. The molecule has 2 aliphatic heterocycles. The minimum absolute atomic E-state index is 0.0919. The number of hydrogen-bond acceptors (Lipinski definition) is 4. The highest BCUT2D eigenvalue weighted by molar-refractivity contribution is 7.89. The van der Waals surface area contributed by atoms with E-state index in [0.717, 1.165) is 38.5 Å². The van der Waals surface area contributed by atoms with E-state index in [4.69, 9.17) is 10.5 Å². The van der Waals surface area contributed by atoms with E-state index in [2.05, 4.69) is 0 Å². The molecule has 0 radical (unpaired) electrons. The standard InChI is InChI=1S/C12H24N2O3S/c13-7-1-4-11-5-2-8-14(11)18(15,16)10-12-6-3-9-17-12/h11-12H,1-10,13H2. The molecule has 5 nitrogen and oxygen atoms in total. The van der Waals surface area contributed by atoms with E-state index in [9.17, 15) is 8.42 Å². The zero-order valence-corrected chi connectivity index (χ0v) is 11.7. The molecule has 2 fully saturated rings. The van der Waals surface area contributed by atoms with Crippen molar-refractivity contribution >= 4 is 10.0 Å². The second kappa shape index (κ2) is 6.32. The maximum Gasteiger partial charge on any atom is 0.216 e. The van der Waals surface area contributed by atoms with Gasteiger partial charge in [0.05, 0.1) is 11.9 Å². The van der Waals surface area contributed by atoms with Gasteiger partial charge in [-0.15, -0.1) is 0 Å². The summed E-state index contributed by atoms with van der Waals surface area (Å²) in [6.45, 7) is 2.01. The Morgan fingerprint density at radius 1 is 1.28 bits per heavy atom. The van der Waals surface area contributed by atoms with E-state index >= 15 is 0 Å². The Kier molecular flexibility index (Phi) is 5.00. The first kappa shape index (κ1) is 14.2. The van der Waals surface area contributed by atoms with E-state index in [1.165, 1.54) is 0 Å². The van der Waals surface area contributed by atoms with Crippen LogP contribution in [0.15, 0.2) is 0 Å². The van der Waals surface area contributed by atoms with Gasteiger partial charge >= 0.3 is 0 Å². The summed E-state index contributed by atoms with van der Waals surface area (Å²) in [5.74, 6) is 0.159. The summed E-state index contributed by atoms with van der Waals surface area (Å²) in [5, 5.41) is 0. The van der Waals surface area contributed by atoms with Crippen LogP contribution in [0.3, 0.4) is 0 Å². The van der Waals surface area contributed by atoms with Crippen LogP contribution in [0.1, 0.15) is 38.5 Å². The lowest BCUT2D eigenvalue weighted by Crippen LogP contribution is -2.40. The van der Waals surface area contributed by atoms with Crippen LogP contribution in [-0.4, -0.2) is 50.3 Å². The molecule has 2 atom stereocenters. The third-order valence-electron chi connectivity index (χ3n) is 3.84. The first-order chi connectivity index (χ1) is 8.63. The summed E-state index contributed by atoms with van der Waals surface area (Å²) < 4.78 is 31.9. The van der Waals surface area contributed by atoms with Crippen molar-refractivity contribution in [3.8, 4) is 0 Å².